The Kier molecular flexibility index (Phi) is 7.38. The Morgan fingerprint density at radius 2 is 1.77 bits per heavy atom. The highest BCUT2D eigenvalue weighted by Gasteiger charge is 2.37. The van der Waals surface area contributed by atoms with Crippen LogP contribution in [-0.2, 0) is 10.3 Å². The van der Waals surface area contributed by atoms with E-state index in [1.165, 1.54) is 0 Å². The first-order valence-corrected chi connectivity index (χ1v) is 10.9. The van der Waals surface area contributed by atoms with Gasteiger partial charge < -0.3 is 24.8 Å². The number of anilines is 1. The molecule has 166 valence electrons. The van der Waals surface area contributed by atoms with Gasteiger partial charge in [0.05, 0.1) is 31.9 Å². The summed E-state index contributed by atoms with van der Waals surface area (Å²) >= 11 is 5.68. The summed E-state index contributed by atoms with van der Waals surface area (Å²) < 4.78 is 16.0. The van der Waals surface area contributed by atoms with Crippen LogP contribution in [0.3, 0.4) is 0 Å². The fraction of sp³-hybridized carbons (Fsp3) is 0.417. The molecule has 0 heterocycles. The van der Waals surface area contributed by atoms with Crippen LogP contribution in [-0.4, -0.2) is 31.9 Å². The van der Waals surface area contributed by atoms with Crippen molar-refractivity contribution in [1.82, 2.24) is 5.32 Å². The van der Waals surface area contributed by atoms with Crippen molar-refractivity contribution >= 4 is 29.0 Å². The van der Waals surface area contributed by atoms with Crippen molar-refractivity contribution in [2.75, 3.05) is 26.1 Å². The fourth-order valence-electron chi connectivity index (χ4n) is 4.07. The summed E-state index contributed by atoms with van der Waals surface area (Å²) in [5.41, 5.74) is 3.10. The van der Waals surface area contributed by atoms with Gasteiger partial charge in [-0.2, -0.15) is 0 Å². The Labute approximate surface area is 189 Å². The van der Waals surface area contributed by atoms with Gasteiger partial charge >= 0.3 is 5.97 Å². The van der Waals surface area contributed by atoms with Gasteiger partial charge in [0.15, 0.2) is 16.6 Å². The SMILES string of the molecule is CCOC(=O)c1ccc(C)c(NC(=S)NC2(c3ccc(OC)c(OC)c3)CCCC2)c1. The second kappa shape index (κ2) is 10.0. The molecule has 0 amide bonds. The molecule has 1 saturated carbocycles. The molecule has 1 aliphatic rings. The molecule has 2 N–H and O–H groups in total. The molecule has 31 heavy (non-hydrogen) atoms. The molecular formula is C24H30N2O4S. The average molecular weight is 443 g/mol. The van der Waals surface area contributed by atoms with Gasteiger partial charge in [-0.05, 0) is 74.3 Å². The normalized spacial score (nSPS) is 14.6. The lowest BCUT2D eigenvalue weighted by molar-refractivity contribution is 0.0526. The van der Waals surface area contributed by atoms with Gasteiger partial charge in [-0.3, -0.25) is 0 Å². The maximum Gasteiger partial charge on any atom is 0.338 e. The van der Waals surface area contributed by atoms with E-state index >= 15 is 0 Å². The van der Waals surface area contributed by atoms with Gasteiger partial charge in [-0.15, -0.1) is 0 Å². The van der Waals surface area contributed by atoms with E-state index in [4.69, 9.17) is 26.4 Å². The summed E-state index contributed by atoms with van der Waals surface area (Å²) in [6, 6.07) is 11.4. The average Bonchev–Trinajstić information content (AvgIpc) is 3.24. The molecule has 0 aliphatic heterocycles. The minimum absolute atomic E-state index is 0.281. The van der Waals surface area contributed by atoms with Crippen molar-refractivity contribution in [3.63, 3.8) is 0 Å². The van der Waals surface area contributed by atoms with Crippen molar-refractivity contribution in [2.45, 2.75) is 45.1 Å². The highest BCUT2D eigenvalue weighted by Crippen LogP contribution is 2.41. The zero-order valence-corrected chi connectivity index (χ0v) is 19.4. The topological polar surface area (TPSA) is 68.8 Å². The van der Waals surface area contributed by atoms with Crippen LogP contribution in [0.5, 0.6) is 11.5 Å². The Morgan fingerprint density at radius 3 is 2.42 bits per heavy atom. The van der Waals surface area contributed by atoms with Gasteiger partial charge in [0, 0.05) is 5.69 Å². The highest BCUT2D eigenvalue weighted by atomic mass is 32.1. The summed E-state index contributed by atoms with van der Waals surface area (Å²) in [6.07, 6.45) is 4.15. The minimum Gasteiger partial charge on any atom is -0.493 e. The van der Waals surface area contributed by atoms with Crippen molar-refractivity contribution in [2.24, 2.45) is 0 Å². The highest BCUT2D eigenvalue weighted by molar-refractivity contribution is 7.80. The zero-order chi connectivity index (χ0) is 22.4. The maximum absolute atomic E-state index is 12.1. The number of methoxy groups -OCH3 is 2. The molecule has 6 nitrogen and oxygen atoms in total. The Morgan fingerprint density at radius 1 is 1.06 bits per heavy atom. The van der Waals surface area contributed by atoms with E-state index in [0.29, 0.717) is 28.8 Å². The Hall–Kier alpha value is -2.80. The van der Waals surface area contributed by atoms with Crippen LogP contribution < -0.4 is 20.1 Å². The molecule has 3 rings (SSSR count). The van der Waals surface area contributed by atoms with Gasteiger partial charge in [0.25, 0.3) is 0 Å². The van der Waals surface area contributed by atoms with E-state index in [-0.39, 0.29) is 11.5 Å². The quantitative estimate of drug-likeness (QED) is 0.465. The van der Waals surface area contributed by atoms with E-state index in [9.17, 15) is 4.79 Å². The van der Waals surface area contributed by atoms with Gasteiger partial charge in [-0.25, -0.2) is 4.79 Å². The Balaban J connectivity index is 1.82. The maximum atomic E-state index is 12.1. The molecule has 0 radical (unpaired) electrons. The minimum atomic E-state index is -0.345. The summed E-state index contributed by atoms with van der Waals surface area (Å²) in [5.74, 6) is 1.05. The van der Waals surface area contributed by atoms with E-state index in [1.54, 1.807) is 33.3 Å². The van der Waals surface area contributed by atoms with Crippen LogP contribution in [0.25, 0.3) is 0 Å². The lowest BCUT2D eigenvalue weighted by Crippen LogP contribution is -2.45. The molecule has 0 saturated heterocycles. The van der Waals surface area contributed by atoms with Crippen LogP contribution in [0.2, 0.25) is 0 Å². The third-order valence-electron chi connectivity index (χ3n) is 5.74. The monoisotopic (exact) mass is 442 g/mol. The number of aryl methyl sites for hydroxylation is 1. The predicted octanol–water partition coefficient (Wildman–Crippen LogP) is 4.94. The summed E-state index contributed by atoms with van der Waals surface area (Å²) in [7, 11) is 3.27. The smallest absolute Gasteiger partial charge is 0.338 e. The zero-order valence-electron chi connectivity index (χ0n) is 18.5. The molecule has 2 aromatic carbocycles. The summed E-state index contributed by atoms with van der Waals surface area (Å²) in [5, 5.41) is 7.35. The van der Waals surface area contributed by atoms with Crippen LogP contribution in [0.4, 0.5) is 5.69 Å². The van der Waals surface area contributed by atoms with E-state index in [2.05, 4.69) is 16.7 Å². The third-order valence-corrected chi connectivity index (χ3v) is 5.95. The van der Waals surface area contributed by atoms with Crippen molar-refractivity contribution in [3.8, 4) is 11.5 Å². The lowest BCUT2D eigenvalue weighted by atomic mass is 9.88. The fourth-order valence-corrected chi connectivity index (χ4v) is 4.37. The van der Waals surface area contributed by atoms with E-state index < -0.39 is 0 Å². The molecule has 1 aliphatic carbocycles. The first-order chi connectivity index (χ1) is 14.9. The molecule has 2 aromatic rings. The van der Waals surface area contributed by atoms with Crippen molar-refractivity contribution < 1.29 is 19.0 Å². The molecular weight excluding hydrogens is 412 g/mol. The molecule has 0 unspecified atom stereocenters. The molecule has 1 fully saturated rings. The molecule has 7 heteroatoms. The number of benzene rings is 2. The largest absolute Gasteiger partial charge is 0.493 e. The molecule has 0 aromatic heterocycles. The van der Waals surface area contributed by atoms with Gasteiger partial charge in [0.2, 0.25) is 0 Å². The van der Waals surface area contributed by atoms with Crippen LogP contribution >= 0.6 is 12.2 Å². The number of hydrogen-bond acceptors (Lipinski definition) is 5. The van der Waals surface area contributed by atoms with Crippen LogP contribution in [0.15, 0.2) is 36.4 Å². The van der Waals surface area contributed by atoms with E-state index in [0.717, 1.165) is 42.5 Å². The van der Waals surface area contributed by atoms with Gasteiger partial charge in [0.1, 0.15) is 0 Å². The van der Waals surface area contributed by atoms with Gasteiger partial charge in [-0.1, -0.05) is 25.0 Å². The number of hydrogen-bond donors (Lipinski definition) is 2. The second-order valence-electron chi connectivity index (χ2n) is 7.69. The number of nitrogens with one attached hydrogen (secondary N) is 2. The second-order valence-corrected chi connectivity index (χ2v) is 8.10. The lowest BCUT2D eigenvalue weighted by Gasteiger charge is -2.33. The third kappa shape index (κ3) is 5.10. The van der Waals surface area contributed by atoms with Crippen LogP contribution in [0.1, 0.15) is 54.1 Å². The van der Waals surface area contributed by atoms with Crippen molar-refractivity contribution in [1.29, 1.82) is 0 Å². The number of rotatable bonds is 7. The first kappa shape index (κ1) is 22.9. The Bertz CT molecular complexity index is 955. The summed E-state index contributed by atoms with van der Waals surface area (Å²) in [4.78, 5) is 12.1. The number of thiocarbonyl (C=S) groups is 1. The van der Waals surface area contributed by atoms with E-state index in [1.807, 2.05) is 25.1 Å². The predicted molar refractivity (Wildman–Crippen MR) is 126 cm³/mol. The summed E-state index contributed by atoms with van der Waals surface area (Å²) in [6.45, 7) is 4.10. The van der Waals surface area contributed by atoms with Crippen molar-refractivity contribution in [3.05, 3.63) is 53.1 Å². The molecule has 0 bridgehead atoms. The number of carbonyl (C=O) groups excluding carboxylic acids is 1. The number of carbonyl (C=O) groups is 1. The molecule has 0 atom stereocenters. The van der Waals surface area contributed by atoms with Crippen LogP contribution in [0, 0.1) is 6.92 Å². The first-order valence-electron chi connectivity index (χ1n) is 10.5. The molecule has 0 spiro atoms. The number of ether oxygens (including phenoxy) is 3. The number of esters is 1. The standard InChI is InChI=1S/C24H30N2O4S/c1-5-30-22(27)17-9-8-16(2)19(14-17)25-23(31)26-24(12-6-7-13-24)18-10-11-20(28-3)21(15-18)29-4/h8-11,14-15H,5-7,12-13H2,1-4H3,(H2,25,26,31).